The van der Waals surface area contributed by atoms with Gasteiger partial charge in [0.1, 0.15) is 5.52 Å². The SMILES string of the molecule is COc1ccc(CC(=O)NCCc2ccc3ocnc3c2)cc1OC. The molecule has 1 amide bonds. The molecule has 0 radical (unpaired) electrons. The first kappa shape index (κ1) is 16.8. The Hall–Kier alpha value is -3.02. The van der Waals surface area contributed by atoms with Crippen molar-refractivity contribution in [3.8, 4) is 11.5 Å². The zero-order valence-corrected chi connectivity index (χ0v) is 14.2. The fraction of sp³-hybridized carbons (Fsp3) is 0.263. The van der Waals surface area contributed by atoms with Crippen LogP contribution in [-0.2, 0) is 17.6 Å². The molecule has 6 nitrogen and oxygen atoms in total. The zero-order chi connectivity index (χ0) is 17.6. The topological polar surface area (TPSA) is 73.6 Å². The molecule has 0 aliphatic rings. The molecule has 0 fully saturated rings. The van der Waals surface area contributed by atoms with Gasteiger partial charge in [0.25, 0.3) is 0 Å². The van der Waals surface area contributed by atoms with Crippen LogP contribution in [0.1, 0.15) is 11.1 Å². The molecule has 3 rings (SSSR count). The number of carbonyl (C=O) groups excluding carboxylic acids is 1. The van der Waals surface area contributed by atoms with Crippen LogP contribution in [0, 0.1) is 0 Å². The molecular formula is C19H20N2O4. The van der Waals surface area contributed by atoms with E-state index in [2.05, 4.69) is 10.3 Å². The number of oxazole rings is 1. The summed E-state index contributed by atoms with van der Waals surface area (Å²) in [6.45, 7) is 0.565. The van der Waals surface area contributed by atoms with Crippen molar-refractivity contribution in [2.45, 2.75) is 12.8 Å². The summed E-state index contributed by atoms with van der Waals surface area (Å²) in [5.74, 6) is 1.23. The fourth-order valence-corrected chi connectivity index (χ4v) is 2.64. The number of fused-ring (bicyclic) bond motifs is 1. The van der Waals surface area contributed by atoms with Crippen molar-refractivity contribution in [1.29, 1.82) is 0 Å². The highest BCUT2D eigenvalue weighted by Gasteiger charge is 2.08. The van der Waals surface area contributed by atoms with E-state index in [4.69, 9.17) is 13.9 Å². The lowest BCUT2D eigenvalue weighted by atomic mass is 10.1. The van der Waals surface area contributed by atoms with E-state index in [1.165, 1.54) is 6.39 Å². The third-order valence-electron chi connectivity index (χ3n) is 3.94. The third-order valence-corrected chi connectivity index (χ3v) is 3.94. The van der Waals surface area contributed by atoms with Gasteiger partial charge in [0.2, 0.25) is 5.91 Å². The largest absolute Gasteiger partial charge is 0.493 e. The van der Waals surface area contributed by atoms with Crippen LogP contribution in [0.4, 0.5) is 0 Å². The number of methoxy groups -OCH3 is 2. The Morgan fingerprint density at radius 1 is 1.08 bits per heavy atom. The molecule has 2 aromatic carbocycles. The number of ether oxygens (including phenoxy) is 2. The van der Waals surface area contributed by atoms with Crippen LogP contribution in [0.2, 0.25) is 0 Å². The Kier molecular flexibility index (Phi) is 5.18. The first-order valence-electron chi connectivity index (χ1n) is 7.99. The van der Waals surface area contributed by atoms with E-state index < -0.39 is 0 Å². The second-order valence-corrected chi connectivity index (χ2v) is 5.62. The van der Waals surface area contributed by atoms with Gasteiger partial charge in [-0.1, -0.05) is 12.1 Å². The highest BCUT2D eigenvalue weighted by Crippen LogP contribution is 2.27. The molecule has 0 bridgehead atoms. The van der Waals surface area contributed by atoms with E-state index in [9.17, 15) is 4.79 Å². The van der Waals surface area contributed by atoms with Crippen LogP contribution in [-0.4, -0.2) is 31.7 Å². The van der Waals surface area contributed by atoms with E-state index in [1.807, 2.05) is 30.3 Å². The number of aromatic nitrogens is 1. The molecule has 1 heterocycles. The molecule has 0 saturated heterocycles. The summed E-state index contributed by atoms with van der Waals surface area (Å²) in [6.07, 6.45) is 2.46. The summed E-state index contributed by atoms with van der Waals surface area (Å²) in [4.78, 5) is 16.2. The number of amides is 1. The first-order chi connectivity index (χ1) is 12.2. The standard InChI is InChI=1S/C19H20N2O4/c1-23-17-6-4-14(10-18(17)24-2)11-19(22)20-8-7-13-3-5-16-15(9-13)21-12-25-16/h3-6,9-10,12H,7-8,11H2,1-2H3,(H,20,22). The predicted octanol–water partition coefficient (Wildman–Crippen LogP) is 2.75. The Labute approximate surface area is 145 Å². The van der Waals surface area contributed by atoms with E-state index >= 15 is 0 Å². The Bertz CT molecular complexity index is 873. The van der Waals surface area contributed by atoms with Gasteiger partial charge >= 0.3 is 0 Å². The fourth-order valence-electron chi connectivity index (χ4n) is 2.64. The number of benzene rings is 2. The van der Waals surface area contributed by atoms with Crippen molar-refractivity contribution < 1.29 is 18.7 Å². The monoisotopic (exact) mass is 340 g/mol. The number of hydrogen-bond donors (Lipinski definition) is 1. The second kappa shape index (κ2) is 7.70. The third kappa shape index (κ3) is 4.09. The molecule has 6 heteroatoms. The van der Waals surface area contributed by atoms with Crippen LogP contribution >= 0.6 is 0 Å². The van der Waals surface area contributed by atoms with Gasteiger partial charge in [0.05, 0.1) is 20.6 Å². The van der Waals surface area contributed by atoms with Crippen LogP contribution in [0.15, 0.2) is 47.2 Å². The molecule has 0 aliphatic carbocycles. The van der Waals surface area contributed by atoms with Crippen LogP contribution < -0.4 is 14.8 Å². The minimum atomic E-state index is -0.0327. The van der Waals surface area contributed by atoms with Gasteiger partial charge in [-0.15, -0.1) is 0 Å². The molecule has 0 spiro atoms. The summed E-state index contributed by atoms with van der Waals surface area (Å²) in [6, 6.07) is 11.3. The Morgan fingerprint density at radius 3 is 2.68 bits per heavy atom. The van der Waals surface area contributed by atoms with Crippen LogP contribution in [0.5, 0.6) is 11.5 Å². The van der Waals surface area contributed by atoms with E-state index in [1.54, 1.807) is 20.3 Å². The van der Waals surface area contributed by atoms with Crippen molar-refractivity contribution in [3.05, 3.63) is 53.9 Å². The smallest absolute Gasteiger partial charge is 0.224 e. The molecule has 1 aromatic heterocycles. The highest BCUT2D eigenvalue weighted by molar-refractivity contribution is 5.79. The average molecular weight is 340 g/mol. The number of hydrogen-bond acceptors (Lipinski definition) is 5. The summed E-state index contributed by atoms with van der Waals surface area (Å²) in [5.41, 5.74) is 3.57. The predicted molar refractivity (Wildman–Crippen MR) is 94.0 cm³/mol. The van der Waals surface area contributed by atoms with Gasteiger partial charge < -0.3 is 19.2 Å². The van der Waals surface area contributed by atoms with Gasteiger partial charge in [-0.05, 0) is 41.8 Å². The van der Waals surface area contributed by atoms with Crippen molar-refractivity contribution in [1.82, 2.24) is 10.3 Å². The van der Waals surface area contributed by atoms with Crippen molar-refractivity contribution in [2.75, 3.05) is 20.8 Å². The first-order valence-corrected chi connectivity index (χ1v) is 7.99. The summed E-state index contributed by atoms with van der Waals surface area (Å²) in [5, 5.41) is 2.93. The van der Waals surface area contributed by atoms with Gasteiger partial charge in [-0.3, -0.25) is 4.79 Å². The molecule has 0 unspecified atom stereocenters. The van der Waals surface area contributed by atoms with Crippen LogP contribution in [0.25, 0.3) is 11.1 Å². The Morgan fingerprint density at radius 2 is 1.88 bits per heavy atom. The van der Waals surface area contributed by atoms with Crippen molar-refractivity contribution in [2.24, 2.45) is 0 Å². The number of carbonyl (C=O) groups is 1. The van der Waals surface area contributed by atoms with Gasteiger partial charge in [-0.2, -0.15) is 0 Å². The highest BCUT2D eigenvalue weighted by atomic mass is 16.5. The number of nitrogens with zero attached hydrogens (tertiary/aromatic N) is 1. The van der Waals surface area contributed by atoms with Crippen molar-refractivity contribution >= 4 is 17.0 Å². The number of rotatable bonds is 7. The minimum absolute atomic E-state index is 0.0327. The summed E-state index contributed by atoms with van der Waals surface area (Å²) >= 11 is 0. The molecule has 1 N–H and O–H groups in total. The normalized spacial score (nSPS) is 10.6. The second-order valence-electron chi connectivity index (χ2n) is 5.62. The maximum absolute atomic E-state index is 12.1. The zero-order valence-electron chi connectivity index (χ0n) is 14.2. The lowest BCUT2D eigenvalue weighted by molar-refractivity contribution is -0.120. The summed E-state index contributed by atoms with van der Waals surface area (Å²) < 4.78 is 15.7. The maximum Gasteiger partial charge on any atom is 0.224 e. The quantitative estimate of drug-likeness (QED) is 0.716. The van der Waals surface area contributed by atoms with Crippen molar-refractivity contribution in [3.63, 3.8) is 0 Å². The molecular weight excluding hydrogens is 320 g/mol. The average Bonchev–Trinajstić information content (AvgIpc) is 3.09. The van der Waals surface area contributed by atoms with Gasteiger partial charge in [0, 0.05) is 6.54 Å². The van der Waals surface area contributed by atoms with E-state index in [-0.39, 0.29) is 5.91 Å². The summed E-state index contributed by atoms with van der Waals surface area (Å²) in [7, 11) is 3.16. The Balaban J connectivity index is 1.52. The number of nitrogens with one attached hydrogen (secondary N) is 1. The molecule has 0 atom stereocenters. The molecule has 0 aliphatic heterocycles. The molecule has 3 aromatic rings. The molecule has 130 valence electrons. The lowest BCUT2D eigenvalue weighted by Crippen LogP contribution is -2.27. The maximum atomic E-state index is 12.1. The van der Waals surface area contributed by atoms with Crippen LogP contribution in [0.3, 0.4) is 0 Å². The molecule has 0 saturated carbocycles. The van der Waals surface area contributed by atoms with E-state index in [0.29, 0.717) is 24.5 Å². The molecule has 25 heavy (non-hydrogen) atoms. The van der Waals surface area contributed by atoms with E-state index in [0.717, 1.165) is 28.6 Å². The lowest BCUT2D eigenvalue weighted by Gasteiger charge is -2.10. The van der Waals surface area contributed by atoms with Gasteiger partial charge in [-0.25, -0.2) is 4.98 Å². The minimum Gasteiger partial charge on any atom is -0.493 e. The van der Waals surface area contributed by atoms with Gasteiger partial charge in [0.15, 0.2) is 23.5 Å².